The summed E-state index contributed by atoms with van der Waals surface area (Å²) in [7, 11) is 0. The number of aromatic hydroxyl groups is 1. The number of carbonyl (C=O) groups is 1. The highest BCUT2D eigenvalue weighted by atomic mass is 16.6. The summed E-state index contributed by atoms with van der Waals surface area (Å²) in [6.07, 6.45) is 22.5. The molecule has 196 valence electrons. The number of carbonyl (C=O) groups excluding carboxylic acids is 1. The molecule has 1 unspecified atom stereocenters. The summed E-state index contributed by atoms with van der Waals surface area (Å²) in [5.41, 5.74) is 0.845. The Balaban J connectivity index is 1.54. The third-order valence-corrected chi connectivity index (χ3v) is 6.00. The van der Waals surface area contributed by atoms with Crippen LogP contribution in [0.4, 0.5) is 0 Å². The number of phenols is 1. The molecule has 1 atom stereocenters. The van der Waals surface area contributed by atoms with Gasteiger partial charge in [-0.1, -0.05) is 63.3 Å². The van der Waals surface area contributed by atoms with Gasteiger partial charge in [0.15, 0.2) is 0 Å². The second-order valence-corrected chi connectivity index (χ2v) is 9.69. The standard InChI is InChI=1S/C30H46O5/c1-4-5-6-7-8-9-10-11-12-13-14-15-16-17-18-19-30(32)35-26-22-27-28(33-23-26)20-25(31)21-29(27)34-24(2)3/h8-9,11-12,20-21,24,26,31H,4-7,10,13-19,22-23H2,1-3H3/b9-8-,12-11-. The lowest BCUT2D eigenvalue weighted by atomic mass is 10.0. The number of phenolic OH excluding ortho intramolecular Hbond substituents is 1. The van der Waals surface area contributed by atoms with Crippen molar-refractivity contribution in [2.24, 2.45) is 0 Å². The minimum absolute atomic E-state index is 0.0258. The first-order chi connectivity index (χ1) is 17.0. The van der Waals surface area contributed by atoms with Crippen molar-refractivity contribution in [2.75, 3.05) is 6.61 Å². The van der Waals surface area contributed by atoms with Gasteiger partial charge >= 0.3 is 5.97 Å². The average Bonchev–Trinajstić information content (AvgIpc) is 2.81. The molecule has 0 fully saturated rings. The van der Waals surface area contributed by atoms with Crippen molar-refractivity contribution in [1.82, 2.24) is 0 Å². The van der Waals surface area contributed by atoms with Crippen LogP contribution in [0.15, 0.2) is 36.4 Å². The zero-order valence-corrected chi connectivity index (χ0v) is 22.1. The molecule has 0 radical (unpaired) electrons. The van der Waals surface area contributed by atoms with Crippen LogP contribution in [0.1, 0.15) is 103 Å². The van der Waals surface area contributed by atoms with Gasteiger partial charge in [0.1, 0.15) is 30.0 Å². The monoisotopic (exact) mass is 486 g/mol. The van der Waals surface area contributed by atoms with E-state index in [9.17, 15) is 9.90 Å². The molecule has 0 amide bonds. The van der Waals surface area contributed by atoms with Crippen molar-refractivity contribution in [1.29, 1.82) is 0 Å². The molecule has 0 spiro atoms. The lowest BCUT2D eigenvalue weighted by molar-refractivity contribution is -0.151. The Bertz CT molecular complexity index is 796. The third-order valence-electron chi connectivity index (χ3n) is 6.00. The number of fused-ring (bicyclic) bond motifs is 1. The molecule has 1 aromatic rings. The molecule has 1 N–H and O–H groups in total. The van der Waals surface area contributed by atoms with Crippen molar-refractivity contribution in [3.63, 3.8) is 0 Å². The van der Waals surface area contributed by atoms with Gasteiger partial charge in [0.25, 0.3) is 0 Å². The lowest BCUT2D eigenvalue weighted by Gasteiger charge is -2.27. The molecule has 5 nitrogen and oxygen atoms in total. The summed E-state index contributed by atoms with van der Waals surface area (Å²) >= 11 is 0. The number of hydrogen-bond acceptors (Lipinski definition) is 5. The molecule has 0 saturated carbocycles. The molecule has 0 aromatic heterocycles. The van der Waals surface area contributed by atoms with Crippen LogP contribution in [0.25, 0.3) is 0 Å². The second kappa shape index (κ2) is 17.1. The van der Waals surface area contributed by atoms with E-state index in [2.05, 4.69) is 31.2 Å². The van der Waals surface area contributed by atoms with E-state index in [1.54, 1.807) is 12.1 Å². The number of rotatable bonds is 17. The van der Waals surface area contributed by atoms with Crippen LogP contribution in [0.2, 0.25) is 0 Å². The predicted molar refractivity (Wildman–Crippen MR) is 142 cm³/mol. The summed E-state index contributed by atoms with van der Waals surface area (Å²) in [5, 5.41) is 9.90. The Morgan fingerprint density at radius 3 is 2.43 bits per heavy atom. The zero-order chi connectivity index (χ0) is 25.3. The van der Waals surface area contributed by atoms with E-state index in [0.29, 0.717) is 30.9 Å². The molecule has 2 rings (SSSR count). The molecule has 0 saturated heterocycles. The number of hydrogen-bond donors (Lipinski definition) is 1. The maximum absolute atomic E-state index is 12.3. The number of esters is 1. The number of unbranched alkanes of at least 4 members (excludes halogenated alkanes) is 8. The van der Waals surface area contributed by atoms with Crippen LogP contribution in [0.5, 0.6) is 17.2 Å². The minimum Gasteiger partial charge on any atom is -0.508 e. The van der Waals surface area contributed by atoms with E-state index in [4.69, 9.17) is 14.2 Å². The van der Waals surface area contributed by atoms with Gasteiger partial charge in [-0.25, -0.2) is 0 Å². The third kappa shape index (κ3) is 12.2. The maximum Gasteiger partial charge on any atom is 0.306 e. The Morgan fingerprint density at radius 2 is 1.71 bits per heavy atom. The highest BCUT2D eigenvalue weighted by Crippen LogP contribution is 2.38. The predicted octanol–water partition coefficient (Wildman–Crippen LogP) is 7.84. The largest absolute Gasteiger partial charge is 0.508 e. The topological polar surface area (TPSA) is 65.0 Å². The van der Waals surface area contributed by atoms with E-state index in [-0.39, 0.29) is 23.9 Å². The molecular weight excluding hydrogens is 440 g/mol. The normalized spacial score (nSPS) is 15.5. The van der Waals surface area contributed by atoms with E-state index >= 15 is 0 Å². The quantitative estimate of drug-likeness (QED) is 0.138. The zero-order valence-electron chi connectivity index (χ0n) is 22.1. The molecule has 5 heteroatoms. The van der Waals surface area contributed by atoms with Crippen LogP contribution in [0.3, 0.4) is 0 Å². The number of benzene rings is 1. The van der Waals surface area contributed by atoms with Gasteiger partial charge < -0.3 is 19.3 Å². The summed E-state index contributed by atoms with van der Waals surface area (Å²) in [5.74, 6) is 1.13. The van der Waals surface area contributed by atoms with Gasteiger partial charge in [0, 0.05) is 30.5 Å². The molecule has 1 heterocycles. The fourth-order valence-electron chi connectivity index (χ4n) is 4.17. The first-order valence-corrected chi connectivity index (χ1v) is 13.6. The minimum atomic E-state index is -0.327. The summed E-state index contributed by atoms with van der Waals surface area (Å²) < 4.78 is 17.2. The Kier molecular flexibility index (Phi) is 14.1. The first kappa shape index (κ1) is 28.8. The molecule has 1 aromatic carbocycles. The highest BCUT2D eigenvalue weighted by Gasteiger charge is 2.27. The summed E-state index contributed by atoms with van der Waals surface area (Å²) in [6.45, 7) is 6.40. The Morgan fingerprint density at radius 1 is 1.03 bits per heavy atom. The fraction of sp³-hybridized carbons (Fsp3) is 0.633. The maximum atomic E-state index is 12.3. The lowest BCUT2D eigenvalue weighted by Crippen LogP contribution is -2.31. The fourth-order valence-corrected chi connectivity index (χ4v) is 4.17. The van der Waals surface area contributed by atoms with Crippen LogP contribution in [-0.2, 0) is 16.0 Å². The van der Waals surface area contributed by atoms with E-state index in [0.717, 1.165) is 37.7 Å². The number of allylic oxidation sites excluding steroid dienone is 4. The molecule has 1 aliphatic rings. The van der Waals surface area contributed by atoms with Crippen LogP contribution in [0, 0.1) is 0 Å². The van der Waals surface area contributed by atoms with Gasteiger partial charge in [-0.2, -0.15) is 0 Å². The van der Waals surface area contributed by atoms with Crippen LogP contribution < -0.4 is 9.47 Å². The molecule has 1 aliphatic heterocycles. The van der Waals surface area contributed by atoms with Gasteiger partial charge in [-0.3, -0.25) is 4.79 Å². The smallest absolute Gasteiger partial charge is 0.306 e. The van der Waals surface area contributed by atoms with Crippen LogP contribution in [-0.4, -0.2) is 29.9 Å². The van der Waals surface area contributed by atoms with Gasteiger partial charge in [0.2, 0.25) is 0 Å². The van der Waals surface area contributed by atoms with Crippen molar-refractivity contribution >= 4 is 5.97 Å². The van der Waals surface area contributed by atoms with Gasteiger partial charge in [-0.05, 0) is 52.4 Å². The SMILES string of the molecule is CCCCC/C=C\C/C=C\CCCCCCCC(=O)OC1COc2cc(O)cc(OC(C)C)c2C1. The van der Waals surface area contributed by atoms with Crippen molar-refractivity contribution in [3.8, 4) is 17.2 Å². The summed E-state index contributed by atoms with van der Waals surface area (Å²) in [6, 6.07) is 3.18. The van der Waals surface area contributed by atoms with Gasteiger partial charge in [0.05, 0.1) is 6.10 Å². The Labute approximate surface area is 212 Å². The van der Waals surface area contributed by atoms with Crippen molar-refractivity contribution < 1.29 is 24.1 Å². The van der Waals surface area contributed by atoms with Crippen LogP contribution >= 0.6 is 0 Å². The highest BCUT2D eigenvalue weighted by molar-refractivity contribution is 5.69. The van der Waals surface area contributed by atoms with E-state index < -0.39 is 0 Å². The second-order valence-electron chi connectivity index (χ2n) is 9.69. The van der Waals surface area contributed by atoms with Crippen molar-refractivity contribution in [3.05, 3.63) is 42.0 Å². The number of ether oxygens (including phenoxy) is 3. The summed E-state index contributed by atoms with van der Waals surface area (Å²) in [4.78, 5) is 12.3. The Hall–Kier alpha value is -2.43. The van der Waals surface area contributed by atoms with Gasteiger partial charge in [-0.15, -0.1) is 0 Å². The average molecular weight is 487 g/mol. The van der Waals surface area contributed by atoms with E-state index in [1.807, 2.05) is 13.8 Å². The van der Waals surface area contributed by atoms with E-state index in [1.165, 1.54) is 38.5 Å². The first-order valence-electron chi connectivity index (χ1n) is 13.6. The van der Waals surface area contributed by atoms with Crippen molar-refractivity contribution in [2.45, 2.75) is 116 Å². The molecule has 35 heavy (non-hydrogen) atoms. The molecule has 0 aliphatic carbocycles. The molecule has 0 bridgehead atoms. The molecular formula is C30H46O5.